The maximum Gasteiger partial charge on any atom is 0.326 e. The van der Waals surface area contributed by atoms with Crippen molar-refractivity contribution in [2.45, 2.75) is 121 Å². The Kier molecular flexibility index (Phi) is 18.0. The number of hydrogen-bond acceptors (Lipinski definition) is 8. The van der Waals surface area contributed by atoms with Crippen LogP contribution in [0.25, 0.3) is 0 Å². The van der Waals surface area contributed by atoms with E-state index in [1.807, 2.05) is 13.8 Å². The Morgan fingerprint density at radius 2 is 1.44 bits per heavy atom. The largest absolute Gasteiger partial charge is 0.508 e. The van der Waals surface area contributed by atoms with Gasteiger partial charge in [0.1, 0.15) is 35.7 Å². The summed E-state index contributed by atoms with van der Waals surface area (Å²) in [5.41, 5.74) is 7.60. The number of halogens is 1. The lowest BCUT2D eigenvalue weighted by molar-refractivity contribution is -0.153. The molecule has 1 aliphatic rings. The van der Waals surface area contributed by atoms with Crippen LogP contribution in [0.15, 0.2) is 48.5 Å². The third-order valence-corrected chi connectivity index (χ3v) is 10.1. The van der Waals surface area contributed by atoms with E-state index in [1.54, 1.807) is 24.3 Å². The highest BCUT2D eigenvalue weighted by Crippen LogP contribution is 2.23. The summed E-state index contributed by atoms with van der Waals surface area (Å²) >= 11 is 5.75. The molecule has 7 N–H and O–H groups in total. The zero-order valence-corrected chi connectivity index (χ0v) is 32.5. The summed E-state index contributed by atoms with van der Waals surface area (Å²) in [4.78, 5) is 70.3. The van der Waals surface area contributed by atoms with Gasteiger partial charge in [0.15, 0.2) is 0 Å². The molecule has 54 heavy (non-hydrogen) atoms. The van der Waals surface area contributed by atoms with Gasteiger partial charge in [0.25, 0.3) is 0 Å². The van der Waals surface area contributed by atoms with Gasteiger partial charge in [-0.1, -0.05) is 63.8 Å². The predicted molar refractivity (Wildman–Crippen MR) is 207 cm³/mol. The Morgan fingerprint density at radius 1 is 0.870 bits per heavy atom. The van der Waals surface area contributed by atoms with Crippen LogP contribution in [-0.2, 0) is 36.8 Å². The van der Waals surface area contributed by atoms with Crippen molar-refractivity contribution in [3.05, 3.63) is 59.7 Å². The minimum Gasteiger partial charge on any atom is -0.508 e. The number of nitrogens with two attached hydrogens (primary N) is 1. The molecule has 0 spiro atoms. The van der Waals surface area contributed by atoms with Gasteiger partial charge in [-0.05, 0) is 73.4 Å². The quantitative estimate of drug-likeness (QED) is 0.0753. The minimum absolute atomic E-state index is 0.00696. The van der Waals surface area contributed by atoms with Crippen molar-refractivity contribution in [2.24, 2.45) is 11.7 Å². The van der Waals surface area contributed by atoms with Crippen LogP contribution in [0.2, 0.25) is 0 Å². The van der Waals surface area contributed by atoms with Crippen molar-refractivity contribution in [3.8, 4) is 11.5 Å². The maximum absolute atomic E-state index is 14.4. The summed E-state index contributed by atoms with van der Waals surface area (Å²) in [5, 5.41) is 35.1. The molecule has 1 fully saturated rings. The number of rotatable bonds is 22. The average molecular weight is 772 g/mol. The van der Waals surface area contributed by atoms with E-state index >= 15 is 0 Å². The van der Waals surface area contributed by atoms with Crippen LogP contribution in [0.1, 0.15) is 89.2 Å². The molecule has 0 bridgehead atoms. The van der Waals surface area contributed by atoms with Crippen molar-refractivity contribution in [3.63, 3.8) is 0 Å². The molecule has 0 aliphatic carbocycles. The number of unbranched alkanes of at least 4 members (excludes halogenated alkanes) is 4. The van der Waals surface area contributed by atoms with Crippen LogP contribution in [0, 0.1) is 5.92 Å². The Morgan fingerprint density at radius 3 is 2.02 bits per heavy atom. The number of carbonyl (C=O) groups excluding carboxylic acids is 4. The number of phenolic OH excluding ortho intramolecular Hbond substituents is 2. The molecule has 2 aromatic carbocycles. The number of likely N-dealkylation sites (tertiary alicyclic amines) is 1. The van der Waals surface area contributed by atoms with Gasteiger partial charge in [-0.15, -0.1) is 11.6 Å². The number of likely N-dealkylation sites (N-methyl/N-ethyl adjacent to an activating group) is 1. The second kappa shape index (κ2) is 22.1. The van der Waals surface area contributed by atoms with E-state index < -0.39 is 59.8 Å². The van der Waals surface area contributed by atoms with E-state index in [2.05, 4.69) is 10.6 Å². The van der Waals surface area contributed by atoms with E-state index in [0.717, 1.165) is 32.1 Å². The van der Waals surface area contributed by atoms with Crippen molar-refractivity contribution in [1.82, 2.24) is 20.4 Å². The van der Waals surface area contributed by atoms with Crippen LogP contribution in [0.5, 0.6) is 11.5 Å². The smallest absolute Gasteiger partial charge is 0.326 e. The normalized spacial score (nSPS) is 16.3. The zero-order valence-electron chi connectivity index (χ0n) is 31.7. The first-order chi connectivity index (χ1) is 25.7. The van der Waals surface area contributed by atoms with Gasteiger partial charge in [-0.25, -0.2) is 4.79 Å². The first kappa shape index (κ1) is 44.0. The Bertz CT molecular complexity index is 1520. The van der Waals surface area contributed by atoms with Gasteiger partial charge in [0.05, 0.1) is 0 Å². The number of aromatic hydroxyl groups is 2. The summed E-state index contributed by atoms with van der Waals surface area (Å²) in [6.45, 7) is 4.01. The molecule has 1 aliphatic heterocycles. The topological polar surface area (TPSA) is 203 Å². The average Bonchev–Trinajstić information content (AvgIpc) is 3.63. The lowest BCUT2D eigenvalue weighted by Gasteiger charge is -2.35. The monoisotopic (exact) mass is 771 g/mol. The molecule has 0 radical (unpaired) electrons. The Labute approximate surface area is 323 Å². The van der Waals surface area contributed by atoms with Crippen LogP contribution >= 0.6 is 11.6 Å². The number of carbonyl (C=O) groups is 5. The highest BCUT2D eigenvalue weighted by atomic mass is 35.5. The van der Waals surface area contributed by atoms with Gasteiger partial charge >= 0.3 is 5.97 Å². The first-order valence-electron chi connectivity index (χ1n) is 19.0. The molecule has 0 saturated carbocycles. The van der Waals surface area contributed by atoms with Gasteiger partial charge in [-0.2, -0.15) is 0 Å². The summed E-state index contributed by atoms with van der Waals surface area (Å²) in [6.07, 6.45) is 6.68. The van der Waals surface area contributed by atoms with Crippen LogP contribution < -0.4 is 16.4 Å². The SMILES string of the molecule is CC(C)C[C@H](NC(=O)[C@H](Cc1ccc(O)cc1)NC(=O)C[C@H](N)CCCCCCCCl)C(=O)N(C)[C@H](Cc1ccc(O)cc1)C(=O)N1CCC[C@@H]1C(=O)O. The van der Waals surface area contributed by atoms with E-state index in [0.29, 0.717) is 36.3 Å². The van der Waals surface area contributed by atoms with Gasteiger partial charge in [0, 0.05) is 44.8 Å². The zero-order chi connectivity index (χ0) is 39.8. The molecule has 2 aromatic rings. The number of nitrogens with zero attached hydrogens (tertiary/aromatic N) is 2. The van der Waals surface area contributed by atoms with Gasteiger partial charge in [0.2, 0.25) is 23.6 Å². The maximum atomic E-state index is 14.4. The van der Waals surface area contributed by atoms with E-state index in [9.17, 15) is 39.3 Å². The van der Waals surface area contributed by atoms with Crippen molar-refractivity contribution in [1.29, 1.82) is 0 Å². The molecule has 1 saturated heterocycles. The molecule has 4 amide bonds. The molecule has 0 unspecified atom stereocenters. The molecule has 14 heteroatoms. The van der Waals surface area contributed by atoms with Gasteiger partial charge < -0.3 is 41.5 Å². The number of phenols is 2. The Hall–Kier alpha value is -4.36. The molecular weight excluding hydrogens is 714 g/mol. The predicted octanol–water partition coefficient (Wildman–Crippen LogP) is 4.10. The fourth-order valence-corrected chi connectivity index (χ4v) is 6.98. The lowest BCUT2D eigenvalue weighted by atomic mass is 9.98. The molecular formula is C40H58ClN5O8. The fraction of sp³-hybridized carbons (Fsp3) is 0.575. The van der Waals surface area contributed by atoms with E-state index in [-0.39, 0.29) is 49.6 Å². The number of benzene rings is 2. The van der Waals surface area contributed by atoms with Crippen molar-refractivity contribution >= 4 is 41.2 Å². The van der Waals surface area contributed by atoms with Gasteiger partial charge in [-0.3, -0.25) is 19.2 Å². The second-order valence-electron chi connectivity index (χ2n) is 14.8. The summed E-state index contributed by atoms with van der Waals surface area (Å²) < 4.78 is 0. The van der Waals surface area contributed by atoms with Crippen molar-refractivity contribution < 1.29 is 39.3 Å². The fourth-order valence-electron chi connectivity index (χ4n) is 6.79. The first-order valence-corrected chi connectivity index (χ1v) is 19.5. The third-order valence-electron chi connectivity index (χ3n) is 9.79. The highest BCUT2D eigenvalue weighted by Gasteiger charge is 2.41. The second-order valence-corrected chi connectivity index (χ2v) is 15.1. The number of nitrogens with one attached hydrogen (secondary N) is 2. The van der Waals surface area contributed by atoms with E-state index in [1.165, 1.54) is 41.1 Å². The standard InChI is InChI=1S/C40H58ClN5O8/c1-26(2)22-33(38(51)45(3)35(24-28-14-18-31(48)19-15-28)39(52)46-21-9-11-34(46)40(53)54)44-37(50)32(23-27-12-16-30(47)17-13-27)43-36(49)25-29(42)10-7-5-4-6-8-20-41/h12-19,26,29,32-35,47-48H,4-11,20-25,42H2,1-3H3,(H,43,49)(H,44,50)(H,53,54)/t29-,32+,33+,34-,35-/m1/s1. The van der Waals surface area contributed by atoms with Crippen LogP contribution in [0.3, 0.4) is 0 Å². The number of aliphatic carboxylic acids is 1. The van der Waals surface area contributed by atoms with Crippen molar-refractivity contribution in [2.75, 3.05) is 19.5 Å². The molecule has 0 aromatic heterocycles. The van der Waals surface area contributed by atoms with E-state index in [4.69, 9.17) is 17.3 Å². The number of carboxylic acid groups (broad SMARTS) is 1. The molecule has 5 atom stereocenters. The summed E-state index contributed by atoms with van der Waals surface area (Å²) in [5.74, 6) is -2.57. The lowest BCUT2D eigenvalue weighted by Crippen LogP contribution is -2.59. The minimum atomic E-state index is -1.12. The molecule has 13 nitrogen and oxygen atoms in total. The molecule has 1 heterocycles. The highest BCUT2D eigenvalue weighted by molar-refractivity contribution is 6.17. The summed E-state index contributed by atoms with van der Waals surface area (Å²) in [6, 6.07) is 7.74. The number of carboxylic acids is 1. The third kappa shape index (κ3) is 14.1. The summed E-state index contributed by atoms with van der Waals surface area (Å²) in [7, 11) is 1.46. The number of hydrogen-bond donors (Lipinski definition) is 6. The van der Waals surface area contributed by atoms with Crippen LogP contribution in [-0.4, -0.2) is 104 Å². The number of alkyl halides is 1. The molecule has 298 valence electrons. The Balaban J connectivity index is 1.83. The number of amides is 4. The molecule has 3 rings (SSSR count). The van der Waals surface area contributed by atoms with Crippen LogP contribution in [0.4, 0.5) is 0 Å².